The van der Waals surface area contributed by atoms with Crippen LogP contribution in [0.15, 0.2) is 23.2 Å². The van der Waals surface area contributed by atoms with Crippen LogP contribution in [0.3, 0.4) is 0 Å². The third-order valence-electron chi connectivity index (χ3n) is 4.01. The van der Waals surface area contributed by atoms with Gasteiger partial charge in [0, 0.05) is 25.2 Å². The Morgan fingerprint density at radius 3 is 3.00 bits per heavy atom. The van der Waals surface area contributed by atoms with Crippen molar-refractivity contribution in [3.05, 3.63) is 23.8 Å². The van der Waals surface area contributed by atoms with Crippen molar-refractivity contribution in [3.63, 3.8) is 0 Å². The molecule has 0 bridgehead atoms. The Hall–Kier alpha value is -1.89. The summed E-state index contributed by atoms with van der Waals surface area (Å²) in [6.07, 6.45) is 5.75. The largest absolute Gasteiger partial charge is 0.492 e. The van der Waals surface area contributed by atoms with Gasteiger partial charge >= 0.3 is 0 Å². The zero-order valence-corrected chi connectivity index (χ0v) is 16.6. The number of carbonyl (C=O) groups excluding carboxylic acids is 1. The maximum absolute atomic E-state index is 11.4. The van der Waals surface area contributed by atoms with Crippen molar-refractivity contribution >= 4 is 29.3 Å². The molecule has 0 saturated carbocycles. The van der Waals surface area contributed by atoms with Crippen LogP contribution in [0.4, 0.5) is 5.69 Å². The Labute approximate surface area is 160 Å². The van der Waals surface area contributed by atoms with Gasteiger partial charge in [-0.15, -0.1) is 0 Å². The fourth-order valence-electron chi connectivity index (χ4n) is 2.68. The Bertz CT molecular complexity index is 607. The first-order valence-corrected chi connectivity index (χ1v) is 10.7. The highest BCUT2D eigenvalue weighted by Crippen LogP contribution is 2.26. The van der Waals surface area contributed by atoms with Crippen LogP contribution in [-0.2, 0) is 11.2 Å². The van der Waals surface area contributed by atoms with Crippen molar-refractivity contribution in [1.29, 1.82) is 0 Å². The summed E-state index contributed by atoms with van der Waals surface area (Å²) in [5.74, 6) is 2.95. The highest BCUT2D eigenvalue weighted by Gasteiger charge is 2.14. The second-order valence-electron chi connectivity index (χ2n) is 6.10. The third-order valence-corrected chi connectivity index (χ3v) is 4.70. The minimum atomic E-state index is 0.0825. The molecule has 0 aromatic heterocycles. The van der Waals surface area contributed by atoms with E-state index in [0.717, 1.165) is 48.9 Å². The summed E-state index contributed by atoms with van der Waals surface area (Å²) in [7, 11) is 0. The number of hydrogen-bond acceptors (Lipinski definition) is 4. The van der Waals surface area contributed by atoms with Crippen molar-refractivity contribution in [2.24, 2.45) is 4.99 Å². The lowest BCUT2D eigenvalue weighted by Crippen LogP contribution is -2.39. The number of benzene rings is 1. The Balaban J connectivity index is 1.72. The number of aryl methyl sites for hydroxylation is 1. The van der Waals surface area contributed by atoms with Gasteiger partial charge in [-0.2, -0.15) is 11.8 Å². The number of nitrogens with zero attached hydrogens (tertiary/aromatic N) is 1. The Morgan fingerprint density at radius 2 is 2.19 bits per heavy atom. The monoisotopic (exact) mass is 378 g/mol. The number of amides is 1. The van der Waals surface area contributed by atoms with Crippen molar-refractivity contribution in [2.75, 3.05) is 43.6 Å². The summed E-state index contributed by atoms with van der Waals surface area (Å²) in [4.78, 5) is 16.0. The number of hydrogen-bond donors (Lipinski definition) is 3. The van der Waals surface area contributed by atoms with Crippen LogP contribution in [0.1, 0.15) is 31.7 Å². The van der Waals surface area contributed by atoms with E-state index in [1.807, 2.05) is 30.0 Å². The zero-order valence-electron chi connectivity index (χ0n) is 15.8. The molecule has 3 N–H and O–H groups in total. The molecule has 0 radical (unpaired) electrons. The van der Waals surface area contributed by atoms with Crippen LogP contribution in [0.2, 0.25) is 0 Å². The number of ether oxygens (including phenoxy) is 1. The zero-order chi connectivity index (χ0) is 18.6. The van der Waals surface area contributed by atoms with E-state index in [9.17, 15) is 4.79 Å². The lowest BCUT2D eigenvalue weighted by molar-refractivity contribution is -0.116. The molecule has 1 aromatic carbocycles. The summed E-state index contributed by atoms with van der Waals surface area (Å²) in [5, 5.41) is 9.44. The number of carbonyl (C=O) groups is 1. The van der Waals surface area contributed by atoms with Crippen LogP contribution < -0.4 is 20.7 Å². The van der Waals surface area contributed by atoms with Crippen LogP contribution in [0, 0.1) is 0 Å². The number of nitrogens with one attached hydrogen (secondary N) is 3. The molecule has 6 nitrogen and oxygen atoms in total. The molecule has 1 heterocycles. The molecule has 26 heavy (non-hydrogen) atoms. The molecule has 1 aromatic rings. The molecule has 0 unspecified atom stereocenters. The van der Waals surface area contributed by atoms with Crippen molar-refractivity contribution in [1.82, 2.24) is 10.6 Å². The van der Waals surface area contributed by atoms with Crippen LogP contribution in [0.5, 0.6) is 5.75 Å². The molecule has 2 rings (SSSR count). The van der Waals surface area contributed by atoms with Crippen LogP contribution in [-0.4, -0.2) is 50.1 Å². The van der Waals surface area contributed by atoms with Crippen LogP contribution in [0.25, 0.3) is 0 Å². The SMILES string of the molecule is CCNC(=NCCCCSC)NCCOc1ccc2c(c1)CCC(=O)N2. The van der Waals surface area contributed by atoms with Crippen LogP contribution >= 0.6 is 11.8 Å². The van der Waals surface area contributed by atoms with E-state index in [1.165, 1.54) is 12.2 Å². The predicted molar refractivity (Wildman–Crippen MR) is 110 cm³/mol. The number of anilines is 1. The Morgan fingerprint density at radius 1 is 1.31 bits per heavy atom. The van der Waals surface area contributed by atoms with E-state index in [1.54, 1.807) is 0 Å². The van der Waals surface area contributed by atoms with Crippen molar-refractivity contribution in [3.8, 4) is 5.75 Å². The molecule has 0 atom stereocenters. The average Bonchev–Trinajstić information content (AvgIpc) is 2.65. The number of unbranched alkanes of at least 4 members (excludes halogenated alkanes) is 1. The standard InChI is InChI=1S/C19H30N4O2S/c1-3-20-19(21-10-4-5-13-26-2)22-11-12-25-16-7-8-17-15(14-16)6-9-18(24)23-17/h7-8,14H,3-6,9-13H2,1-2H3,(H,23,24)(H2,20,21,22). The second kappa shape index (κ2) is 11.7. The topological polar surface area (TPSA) is 74.8 Å². The van der Waals surface area contributed by atoms with Gasteiger partial charge in [-0.05, 0) is 62.0 Å². The summed E-state index contributed by atoms with van der Waals surface area (Å²) in [6.45, 7) is 4.99. The summed E-state index contributed by atoms with van der Waals surface area (Å²) in [5.41, 5.74) is 2.03. The van der Waals surface area contributed by atoms with Gasteiger partial charge in [0.1, 0.15) is 12.4 Å². The van der Waals surface area contributed by atoms with Crippen molar-refractivity contribution in [2.45, 2.75) is 32.6 Å². The Kier molecular flexibility index (Phi) is 9.17. The average molecular weight is 379 g/mol. The summed E-state index contributed by atoms with van der Waals surface area (Å²) < 4.78 is 5.82. The summed E-state index contributed by atoms with van der Waals surface area (Å²) in [6, 6.07) is 5.82. The number of guanidine groups is 1. The highest BCUT2D eigenvalue weighted by molar-refractivity contribution is 7.98. The maximum Gasteiger partial charge on any atom is 0.224 e. The molecule has 1 aliphatic heterocycles. The van der Waals surface area contributed by atoms with E-state index in [-0.39, 0.29) is 5.91 Å². The minimum Gasteiger partial charge on any atom is -0.492 e. The summed E-state index contributed by atoms with van der Waals surface area (Å²) >= 11 is 1.88. The van der Waals surface area contributed by atoms with E-state index in [4.69, 9.17) is 4.74 Å². The molecule has 0 aliphatic carbocycles. The molecule has 7 heteroatoms. The minimum absolute atomic E-state index is 0.0825. The number of thioether (sulfide) groups is 1. The molecule has 0 saturated heterocycles. The van der Waals surface area contributed by atoms with Gasteiger partial charge in [-0.3, -0.25) is 9.79 Å². The van der Waals surface area contributed by atoms with E-state index in [0.29, 0.717) is 19.6 Å². The predicted octanol–water partition coefficient (Wildman–Crippen LogP) is 2.65. The lowest BCUT2D eigenvalue weighted by Gasteiger charge is -2.18. The van der Waals surface area contributed by atoms with Gasteiger partial charge in [-0.1, -0.05) is 0 Å². The highest BCUT2D eigenvalue weighted by atomic mass is 32.2. The smallest absolute Gasteiger partial charge is 0.224 e. The van der Waals surface area contributed by atoms with E-state index >= 15 is 0 Å². The number of aliphatic imine (C=N–C) groups is 1. The molecule has 1 aliphatic rings. The van der Waals surface area contributed by atoms with E-state index in [2.05, 4.69) is 34.1 Å². The van der Waals surface area contributed by atoms with Gasteiger partial charge < -0.3 is 20.7 Å². The molecular formula is C19H30N4O2S. The maximum atomic E-state index is 11.4. The van der Waals surface area contributed by atoms with Gasteiger partial charge in [0.25, 0.3) is 0 Å². The molecule has 1 amide bonds. The first-order chi connectivity index (χ1) is 12.7. The van der Waals surface area contributed by atoms with E-state index < -0.39 is 0 Å². The quantitative estimate of drug-likeness (QED) is 0.332. The lowest BCUT2D eigenvalue weighted by atomic mass is 10.0. The third kappa shape index (κ3) is 7.15. The van der Waals surface area contributed by atoms with Crippen molar-refractivity contribution < 1.29 is 9.53 Å². The second-order valence-corrected chi connectivity index (χ2v) is 7.09. The fraction of sp³-hybridized carbons (Fsp3) is 0.579. The first-order valence-electron chi connectivity index (χ1n) is 9.29. The number of rotatable bonds is 10. The molecule has 0 fully saturated rings. The molecular weight excluding hydrogens is 348 g/mol. The molecule has 0 spiro atoms. The normalized spacial score (nSPS) is 13.8. The molecule has 144 valence electrons. The fourth-order valence-corrected chi connectivity index (χ4v) is 3.17. The van der Waals surface area contributed by atoms with Gasteiger partial charge in [-0.25, -0.2) is 0 Å². The van der Waals surface area contributed by atoms with Gasteiger partial charge in [0.2, 0.25) is 5.91 Å². The van der Waals surface area contributed by atoms with Gasteiger partial charge in [0.05, 0.1) is 6.54 Å². The van der Waals surface area contributed by atoms with Gasteiger partial charge in [0.15, 0.2) is 5.96 Å². The number of fused-ring (bicyclic) bond motifs is 1. The first kappa shape index (κ1) is 20.4.